The summed E-state index contributed by atoms with van der Waals surface area (Å²) in [4.78, 5) is 26.6. The lowest BCUT2D eigenvalue weighted by molar-refractivity contribution is 0.0739. The van der Waals surface area contributed by atoms with Crippen LogP contribution in [0.5, 0.6) is 5.75 Å². The molecule has 6 nitrogen and oxygen atoms in total. The maximum atomic E-state index is 13.4. The van der Waals surface area contributed by atoms with E-state index in [1.165, 1.54) is 0 Å². The highest BCUT2D eigenvalue weighted by molar-refractivity contribution is 6.22. The summed E-state index contributed by atoms with van der Waals surface area (Å²) in [6.07, 6.45) is 1.72. The molecule has 1 aromatic carbocycles. The number of aliphatic hydroxyl groups is 1. The minimum absolute atomic E-state index is 0.00398. The predicted molar refractivity (Wildman–Crippen MR) is 99.7 cm³/mol. The molecule has 0 unspecified atom stereocenters. The van der Waals surface area contributed by atoms with Crippen molar-refractivity contribution in [2.75, 3.05) is 18.4 Å². The van der Waals surface area contributed by atoms with E-state index in [1.807, 2.05) is 13.8 Å². The number of carbonyl (C=O) groups excluding carboxylic acids is 2. The Balaban J connectivity index is 2.29. The van der Waals surface area contributed by atoms with Crippen LogP contribution in [0, 0.1) is 18.8 Å². The van der Waals surface area contributed by atoms with Crippen LogP contribution in [0.4, 0.5) is 5.69 Å². The van der Waals surface area contributed by atoms with Gasteiger partial charge in [0.1, 0.15) is 11.5 Å². The topological polar surface area (TPSA) is 98.7 Å². The second-order valence-corrected chi connectivity index (χ2v) is 6.75. The van der Waals surface area contributed by atoms with E-state index in [0.29, 0.717) is 35.6 Å². The number of hydrogen-bond donors (Lipinski definition) is 4. The normalized spacial score (nSPS) is 21.9. The van der Waals surface area contributed by atoms with Crippen LogP contribution in [0.15, 0.2) is 29.2 Å². The average Bonchev–Trinajstić information content (AvgIpc) is 2.59. The molecule has 0 radical (unpaired) electrons. The number of aromatic hydroxyl groups is 1. The maximum absolute atomic E-state index is 13.4. The summed E-state index contributed by atoms with van der Waals surface area (Å²) in [5.74, 6) is -2.81. The van der Waals surface area contributed by atoms with E-state index in [9.17, 15) is 19.8 Å². The Labute approximate surface area is 152 Å². The molecular weight excluding hydrogens is 332 g/mol. The number of rotatable bonds is 4. The van der Waals surface area contributed by atoms with Crippen molar-refractivity contribution in [2.24, 2.45) is 11.8 Å². The fraction of sp³-hybridized carbons (Fsp3) is 0.400. The van der Waals surface area contributed by atoms with Gasteiger partial charge in [-0.05, 0) is 51.0 Å². The summed E-state index contributed by atoms with van der Waals surface area (Å²) in [6, 6.07) is 1.68. The Morgan fingerprint density at radius 2 is 1.58 bits per heavy atom. The molecule has 0 heterocycles. The highest BCUT2D eigenvalue weighted by atomic mass is 16.3. The fourth-order valence-electron chi connectivity index (χ4n) is 3.86. The van der Waals surface area contributed by atoms with Gasteiger partial charge in [0.15, 0.2) is 11.6 Å². The molecule has 2 aliphatic carbocycles. The minimum atomic E-state index is -1.00. The Kier molecular flexibility index (Phi) is 4.52. The van der Waals surface area contributed by atoms with E-state index in [2.05, 4.69) is 10.6 Å². The number of carbonyl (C=O) groups is 2. The lowest BCUT2D eigenvalue weighted by atomic mass is 9.68. The predicted octanol–water partition coefficient (Wildman–Crippen LogP) is 3.08. The SMILES string of the molecule is CCNC1=CC(C)=C(O)[C@H]2C(=O)c3c(O)c(C)cc(NCC)c3C(=O)[C@H]12. The zero-order chi connectivity index (χ0) is 19.2. The third kappa shape index (κ3) is 2.48. The molecule has 0 saturated heterocycles. The summed E-state index contributed by atoms with van der Waals surface area (Å²) >= 11 is 0. The number of anilines is 1. The van der Waals surface area contributed by atoms with E-state index in [4.69, 9.17) is 0 Å². The van der Waals surface area contributed by atoms with Crippen molar-refractivity contribution in [1.29, 1.82) is 0 Å². The van der Waals surface area contributed by atoms with Gasteiger partial charge in [-0.25, -0.2) is 0 Å². The van der Waals surface area contributed by atoms with Crippen LogP contribution in [0.3, 0.4) is 0 Å². The summed E-state index contributed by atoms with van der Waals surface area (Å²) in [5.41, 5.74) is 2.43. The van der Waals surface area contributed by atoms with Crippen molar-refractivity contribution < 1.29 is 19.8 Å². The maximum Gasteiger partial charge on any atom is 0.179 e. The van der Waals surface area contributed by atoms with E-state index < -0.39 is 17.6 Å². The number of phenolic OH excluding ortho intramolecular Hbond substituents is 1. The first-order chi connectivity index (χ1) is 12.3. The summed E-state index contributed by atoms with van der Waals surface area (Å²) < 4.78 is 0. The Morgan fingerprint density at radius 3 is 2.19 bits per heavy atom. The Hall–Kier alpha value is -2.76. The smallest absolute Gasteiger partial charge is 0.179 e. The molecule has 6 heteroatoms. The van der Waals surface area contributed by atoms with Gasteiger partial charge < -0.3 is 20.8 Å². The molecule has 2 atom stereocenters. The van der Waals surface area contributed by atoms with Crippen molar-refractivity contribution in [2.45, 2.75) is 27.7 Å². The van der Waals surface area contributed by atoms with Gasteiger partial charge in [0, 0.05) is 24.5 Å². The zero-order valence-corrected chi connectivity index (χ0v) is 15.4. The molecule has 26 heavy (non-hydrogen) atoms. The summed E-state index contributed by atoms with van der Waals surface area (Å²) in [5, 5.41) is 27.3. The number of allylic oxidation sites excluding steroid dienone is 4. The second-order valence-electron chi connectivity index (χ2n) is 6.75. The molecule has 0 aromatic heterocycles. The Bertz CT molecular complexity index is 867. The number of benzene rings is 1. The van der Waals surface area contributed by atoms with Crippen molar-refractivity contribution >= 4 is 17.3 Å². The highest BCUT2D eigenvalue weighted by Crippen LogP contribution is 2.46. The number of aliphatic hydroxyl groups excluding tert-OH is 1. The molecule has 0 aliphatic heterocycles. The average molecular weight is 356 g/mol. The summed E-state index contributed by atoms with van der Waals surface area (Å²) in [7, 11) is 0. The van der Waals surface area contributed by atoms with Gasteiger partial charge in [-0.3, -0.25) is 9.59 Å². The van der Waals surface area contributed by atoms with Gasteiger partial charge in [0.05, 0.1) is 23.0 Å². The number of nitrogens with one attached hydrogen (secondary N) is 2. The van der Waals surface area contributed by atoms with Crippen LogP contribution in [0.2, 0.25) is 0 Å². The number of fused-ring (bicyclic) bond motifs is 2. The molecule has 3 rings (SSSR count). The van der Waals surface area contributed by atoms with Gasteiger partial charge in [-0.15, -0.1) is 0 Å². The van der Waals surface area contributed by atoms with Crippen LogP contribution in [-0.2, 0) is 0 Å². The van der Waals surface area contributed by atoms with Crippen molar-refractivity contribution in [3.8, 4) is 5.75 Å². The van der Waals surface area contributed by atoms with Crippen molar-refractivity contribution in [3.63, 3.8) is 0 Å². The molecule has 138 valence electrons. The third-order valence-electron chi connectivity index (χ3n) is 5.04. The van der Waals surface area contributed by atoms with Gasteiger partial charge in [0.2, 0.25) is 0 Å². The molecule has 0 saturated carbocycles. The molecule has 4 N–H and O–H groups in total. The number of phenols is 1. The number of hydrogen-bond acceptors (Lipinski definition) is 6. The summed E-state index contributed by atoms with van der Waals surface area (Å²) in [6.45, 7) is 8.37. The molecule has 0 spiro atoms. The van der Waals surface area contributed by atoms with Crippen LogP contribution < -0.4 is 10.6 Å². The Morgan fingerprint density at radius 1 is 0.962 bits per heavy atom. The first kappa shape index (κ1) is 18.0. The molecule has 0 fully saturated rings. The first-order valence-corrected chi connectivity index (χ1v) is 8.87. The minimum Gasteiger partial charge on any atom is -0.511 e. The number of ketones is 2. The number of aryl methyl sites for hydroxylation is 1. The van der Waals surface area contributed by atoms with E-state index in [0.717, 1.165) is 0 Å². The molecule has 0 amide bonds. The third-order valence-corrected chi connectivity index (χ3v) is 5.04. The number of Topliss-reactive ketones (excluding diaryl/α,β-unsaturated/α-hetero) is 2. The highest BCUT2D eigenvalue weighted by Gasteiger charge is 2.49. The van der Waals surface area contributed by atoms with Crippen molar-refractivity contribution in [3.05, 3.63) is 45.9 Å². The second kappa shape index (κ2) is 6.52. The van der Waals surface area contributed by atoms with E-state index in [-0.39, 0.29) is 28.4 Å². The largest absolute Gasteiger partial charge is 0.511 e. The van der Waals surface area contributed by atoms with Gasteiger partial charge >= 0.3 is 0 Å². The first-order valence-electron chi connectivity index (χ1n) is 8.87. The van der Waals surface area contributed by atoms with E-state index in [1.54, 1.807) is 26.0 Å². The van der Waals surface area contributed by atoms with Crippen LogP contribution in [-0.4, -0.2) is 34.9 Å². The lowest BCUT2D eigenvalue weighted by Crippen LogP contribution is -2.44. The molecular formula is C20H24N2O4. The van der Waals surface area contributed by atoms with Crippen LogP contribution >= 0.6 is 0 Å². The van der Waals surface area contributed by atoms with Gasteiger partial charge in [0.25, 0.3) is 0 Å². The monoisotopic (exact) mass is 356 g/mol. The molecule has 1 aromatic rings. The standard InChI is InChI=1S/C20H24N2O4/c1-5-21-11-7-9(3)17(23)15-13(11)19(25)14-12(22-6-2)8-10(4)18(24)16(14)20(15)26/h7-8,13,15,21-24H,5-6H2,1-4H3/t13-,15+/m1/s1. The zero-order valence-electron chi connectivity index (χ0n) is 15.4. The van der Waals surface area contributed by atoms with Gasteiger partial charge in [-0.2, -0.15) is 0 Å². The van der Waals surface area contributed by atoms with Gasteiger partial charge in [-0.1, -0.05) is 0 Å². The van der Waals surface area contributed by atoms with Crippen LogP contribution in [0.25, 0.3) is 0 Å². The fourth-order valence-corrected chi connectivity index (χ4v) is 3.86. The van der Waals surface area contributed by atoms with Crippen LogP contribution in [0.1, 0.15) is 47.1 Å². The molecule has 2 aliphatic rings. The van der Waals surface area contributed by atoms with E-state index >= 15 is 0 Å². The van der Waals surface area contributed by atoms with Crippen molar-refractivity contribution in [1.82, 2.24) is 5.32 Å². The quantitative estimate of drug-likeness (QED) is 0.619. The lowest BCUT2D eigenvalue weighted by Gasteiger charge is -2.36. The molecule has 0 bridgehead atoms.